The Kier molecular flexibility index (Phi) is 47.2. The molecule has 0 aromatic rings. The number of aliphatic carboxylic acids is 1. The van der Waals surface area contributed by atoms with Crippen LogP contribution in [0.15, 0.2) is 0 Å². The second-order valence-corrected chi connectivity index (χ2v) is 27.0. The minimum absolute atomic E-state index is 0.00761. The highest BCUT2D eigenvalue weighted by Gasteiger charge is 2.37. The summed E-state index contributed by atoms with van der Waals surface area (Å²) in [7, 11) is 0. The first-order valence-corrected chi connectivity index (χ1v) is 34.9. The monoisotopic (exact) mass is 1420 g/mol. The van der Waals surface area contributed by atoms with Crippen LogP contribution < -0.4 is 98.2 Å². The van der Waals surface area contributed by atoms with Crippen molar-refractivity contribution < 1.29 is 77.0 Å². The average molecular weight is 1430 g/mol. The van der Waals surface area contributed by atoms with Gasteiger partial charge in [0.15, 0.2) is 0 Å². The van der Waals surface area contributed by atoms with Crippen LogP contribution in [0.4, 0.5) is 0 Å². The number of amides is 14. The Hall–Kier alpha value is -8.11. The highest BCUT2D eigenvalue weighted by molar-refractivity contribution is 6.00. The first-order chi connectivity index (χ1) is 46.6. The number of carbonyl (C=O) groups excluding carboxylic acids is 14. The minimum atomic E-state index is -1.48. The third kappa shape index (κ3) is 39.0. The number of hydrogen-bond acceptors (Lipinski definition) is 19. The number of hydrogen-bond donors (Lipinski definition) is 19. The molecular formula is C66H124N18O16. The van der Waals surface area contributed by atoms with Crippen LogP contribution in [-0.4, -0.2) is 192 Å². The molecule has 0 saturated carbocycles. The second kappa shape index (κ2) is 50.3. The molecule has 14 amide bonds. The maximum Gasteiger partial charge on any atom is 0.300 e. The van der Waals surface area contributed by atoms with Crippen molar-refractivity contribution in [3.63, 3.8) is 0 Å². The van der Waals surface area contributed by atoms with E-state index in [0.29, 0.717) is 64.5 Å². The number of unbranched alkanes of at least 4 members (excludes halogenated alkanes) is 3. The Bertz CT molecular complexity index is 2650. The van der Waals surface area contributed by atoms with E-state index in [1.54, 1.807) is 48.5 Å². The van der Waals surface area contributed by atoms with Crippen molar-refractivity contribution >= 4 is 88.7 Å². The molecule has 25 N–H and O–H groups in total. The van der Waals surface area contributed by atoms with Gasteiger partial charge in [-0.15, -0.1) is 0 Å². The van der Waals surface area contributed by atoms with Gasteiger partial charge in [-0.3, -0.25) is 71.9 Å². The molecule has 0 fully saturated rings. The van der Waals surface area contributed by atoms with Gasteiger partial charge in [0.2, 0.25) is 82.7 Å². The largest absolute Gasteiger partial charge is 0.481 e. The van der Waals surface area contributed by atoms with Gasteiger partial charge in [-0.25, -0.2) is 0 Å². The molecular weight excluding hydrogens is 1300 g/mol. The van der Waals surface area contributed by atoms with Crippen LogP contribution in [0, 0.1) is 29.6 Å². The summed E-state index contributed by atoms with van der Waals surface area (Å²) in [6.07, 6.45) is 3.76. The zero-order valence-electron chi connectivity index (χ0n) is 61.7. The molecule has 0 aliphatic rings. The fourth-order valence-corrected chi connectivity index (χ4v) is 9.79. The van der Waals surface area contributed by atoms with Crippen molar-refractivity contribution in [2.24, 2.45) is 64.0 Å². The summed E-state index contributed by atoms with van der Waals surface area (Å²) >= 11 is 0. The van der Waals surface area contributed by atoms with Crippen molar-refractivity contribution in [1.82, 2.24) is 63.8 Å². The third-order valence-corrected chi connectivity index (χ3v) is 16.2. The maximum absolute atomic E-state index is 14.0. The smallest absolute Gasteiger partial charge is 0.300 e. The predicted octanol–water partition coefficient (Wildman–Crippen LogP) is -2.72. The molecule has 574 valence electrons. The molecule has 34 heteroatoms. The van der Waals surface area contributed by atoms with E-state index in [0.717, 1.165) is 6.92 Å². The van der Waals surface area contributed by atoms with Gasteiger partial charge in [-0.05, 0) is 154 Å². The summed E-state index contributed by atoms with van der Waals surface area (Å²) in [4.78, 5) is 198. The van der Waals surface area contributed by atoms with Gasteiger partial charge in [-0.2, -0.15) is 0 Å². The molecule has 0 aromatic heterocycles. The molecule has 0 aromatic carbocycles. The van der Waals surface area contributed by atoms with Crippen LogP contribution in [0.1, 0.15) is 200 Å². The minimum Gasteiger partial charge on any atom is -0.481 e. The lowest BCUT2D eigenvalue weighted by molar-refractivity contribution is -0.136. The lowest BCUT2D eigenvalue weighted by Gasteiger charge is -2.28. The van der Waals surface area contributed by atoms with Crippen molar-refractivity contribution in [1.29, 1.82) is 0 Å². The molecule has 0 heterocycles. The van der Waals surface area contributed by atoms with Gasteiger partial charge in [0.05, 0.1) is 12.5 Å². The van der Waals surface area contributed by atoms with Crippen molar-refractivity contribution in [2.45, 2.75) is 279 Å². The number of nitrogens with two attached hydrogens (primary N) is 6. The maximum atomic E-state index is 14.0. The van der Waals surface area contributed by atoms with Crippen molar-refractivity contribution in [3.05, 3.63) is 0 Å². The van der Waals surface area contributed by atoms with Gasteiger partial charge >= 0.3 is 0 Å². The Morgan fingerprint density at radius 3 is 0.940 bits per heavy atom. The Morgan fingerprint density at radius 2 is 0.590 bits per heavy atom. The van der Waals surface area contributed by atoms with Gasteiger partial charge in [0.1, 0.15) is 72.5 Å². The topological polar surface area (TPSA) is 577 Å². The van der Waals surface area contributed by atoms with E-state index in [2.05, 4.69) is 63.8 Å². The predicted molar refractivity (Wildman–Crippen MR) is 376 cm³/mol. The summed E-state index contributed by atoms with van der Waals surface area (Å²) in [5.74, 6) is -12.9. The number of primary amides is 2. The lowest BCUT2D eigenvalue weighted by Crippen LogP contribution is -2.60. The number of carboxylic acid groups (broad SMARTS) is 1. The zero-order chi connectivity index (χ0) is 77.3. The normalized spacial score (nSPS) is 15.7. The molecule has 34 nitrogen and oxygen atoms in total. The van der Waals surface area contributed by atoms with Crippen LogP contribution in [0.3, 0.4) is 0 Å². The molecule has 0 aliphatic heterocycles. The van der Waals surface area contributed by atoms with Crippen LogP contribution in [0.25, 0.3) is 0 Å². The Labute approximate surface area is 589 Å². The average Bonchev–Trinajstić information content (AvgIpc) is 0.870. The molecule has 0 saturated heterocycles. The van der Waals surface area contributed by atoms with E-state index in [1.807, 2.05) is 20.8 Å². The van der Waals surface area contributed by atoms with Gasteiger partial charge in [0, 0.05) is 6.92 Å². The quantitative estimate of drug-likeness (QED) is 0.0275. The molecule has 0 radical (unpaired) electrons. The highest BCUT2D eigenvalue weighted by atomic mass is 16.4. The summed E-state index contributed by atoms with van der Waals surface area (Å²) < 4.78 is 0. The Balaban J connectivity index is 0. The van der Waals surface area contributed by atoms with Crippen LogP contribution in [-0.2, 0) is 71.9 Å². The lowest BCUT2D eigenvalue weighted by atomic mass is 9.97. The molecule has 0 rings (SSSR count). The molecule has 100 heavy (non-hydrogen) atoms. The summed E-state index contributed by atoms with van der Waals surface area (Å²) in [6.45, 7) is 25.3. The van der Waals surface area contributed by atoms with Crippen LogP contribution in [0.5, 0.6) is 0 Å². The van der Waals surface area contributed by atoms with Crippen molar-refractivity contribution in [2.75, 3.05) is 19.6 Å². The molecule has 0 spiro atoms. The first kappa shape index (κ1) is 93.9. The fraction of sp³-hybridized carbons (Fsp3) is 0.773. The van der Waals surface area contributed by atoms with E-state index in [9.17, 15) is 67.1 Å². The summed E-state index contributed by atoms with van der Waals surface area (Å²) in [5, 5.41) is 38.7. The van der Waals surface area contributed by atoms with Gasteiger partial charge in [-0.1, -0.05) is 82.1 Å². The van der Waals surface area contributed by atoms with Crippen LogP contribution >= 0.6 is 0 Å². The molecule has 0 unspecified atom stereocenters. The Morgan fingerprint density at radius 1 is 0.330 bits per heavy atom. The van der Waals surface area contributed by atoms with E-state index in [-0.39, 0.29) is 68.7 Å². The third-order valence-electron chi connectivity index (χ3n) is 16.2. The van der Waals surface area contributed by atoms with E-state index >= 15 is 0 Å². The number of nitrogens with one attached hydrogen (secondary N) is 12. The van der Waals surface area contributed by atoms with Crippen molar-refractivity contribution in [3.8, 4) is 0 Å². The van der Waals surface area contributed by atoms with E-state index < -0.39 is 180 Å². The molecule has 0 aliphatic carbocycles. The number of rotatable bonds is 49. The highest BCUT2D eigenvalue weighted by Crippen LogP contribution is 2.15. The van der Waals surface area contributed by atoms with Crippen LogP contribution in [0.2, 0.25) is 0 Å². The number of carboxylic acids is 1. The fourth-order valence-electron chi connectivity index (χ4n) is 9.79. The van der Waals surface area contributed by atoms with E-state index in [4.69, 9.17) is 44.3 Å². The van der Waals surface area contributed by atoms with Gasteiger partial charge < -0.3 is 103 Å². The molecule has 0 bridgehead atoms. The SMILES string of the molecule is CC(=O)O.CC[C@H](C)[C@H](N)C(=O)N[C@@H](CC(N)=O)C(=O)N[C@@H](CC(C)C)C(=O)N[C@@H](CCCCN)C(=O)N[C@@H](C)C(=O)N[C@H](C(=O)N[C@@H](C)C(=O)N[C@@H](C)C(=O)N[C@@H](CC(C)C)C(=O)N[C@@H](C)C(=O)N[C@@H](CCCCN)C(=O)N[C@@H](CCCCN)C(=O)N[C@@H](CC(C)C)C(N)=O)[C@@H](C)CC. The van der Waals surface area contributed by atoms with Gasteiger partial charge in [0.25, 0.3) is 5.97 Å². The standard InChI is InChI=1S/C64H120N18O14.C2H4O2/c1-15-36(9)50(69)63(95)81-48(32-49(68)83)62(94)80-47(31-35(7)8)61(93)77-42(23-17-20-26-65)57(89)72-41(14)56(88)82-51(37(10)16-2)64(96)74-38(11)53(85)71-39(12)55(87)79-46(30-34(5)6)60(92)73-40(13)54(86)75-43(24-18-21-27-66)58(90)76-44(25-19-22-28-67)59(91)78-45(52(70)84)29-33(3)4;1-2(3)4/h33-48,50-51H,15-32,65-67,69H2,1-14H3,(H2,68,83)(H2,70,84)(H,71,85)(H,72,89)(H,73,92)(H,74,96)(H,75,86)(H,76,90)(H,77,93)(H,78,91)(H,79,87)(H,80,94)(H,81,95)(H,82,88);1H3,(H,3,4)/t36-,37-,38-,39-,40-,41-,42-,43-,44-,45-,46-,47-,48-,50-,51-;/m0./s1. The second-order valence-electron chi connectivity index (χ2n) is 27.0. The molecule has 15 atom stereocenters. The number of carbonyl (C=O) groups is 15. The zero-order valence-corrected chi connectivity index (χ0v) is 61.7. The first-order valence-electron chi connectivity index (χ1n) is 34.9. The summed E-state index contributed by atoms with van der Waals surface area (Å²) in [6, 6.07) is -16.0. The summed E-state index contributed by atoms with van der Waals surface area (Å²) in [5.41, 5.74) is 34.2. The van der Waals surface area contributed by atoms with E-state index in [1.165, 1.54) is 27.7 Å².